The summed E-state index contributed by atoms with van der Waals surface area (Å²) in [5.41, 5.74) is 1.67. The number of hydrogen-bond donors (Lipinski definition) is 0. The van der Waals surface area contributed by atoms with Crippen molar-refractivity contribution in [2.45, 2.75) is 45.4 Å². The summed E-state index contributed by atoms with van der Waals surface area (Å²) in [5.74, 6) is 0.665. The molecule has 0 N–H and O–H groups in total. The second-order valence-electron chi connectivity index (χ2n) is 5.87. The minimum atomic E-state index is -0.00181. The summed E-state index contributed by atoms with van der Waals surface area (Å²) in [4.78, 5) is 12.3. The zero-order valence-corrected chi connectivity index (χ0v) is 15.2. The molecule has 0 unspecified atom stereocenters. The predicted octanol–water partition coefficient (Wildman–Crippen LogP) is 6.35. The van der Waals surface area contributed by atoms with E-state index in [1.165, 1.54) is 43.4 Å². The first kappa shape index (κ1) is 18.5. The molecular weight excluding hydrogens is 316 g/mol. The Bertz CT molecular complexity index is 615. The van der Waals surface area contributed by atoms with Crippen molar-refractivity contribution in [3.63, 3.8) is 0 Å². The molecule has 2 rings (SSSR count). The van der Waals surface area contributed by atoms with E-state index in [1.54, 1.807) is 6.08 Å². The van der Waals surface area contributed by atoms with Gasteiger partial charge in [0.15, 0.2) is 5.78 Å². The lowest BCUT2D eigenvalue weighted by Crippen LogP contribution is -2.00. The third-order valence-corrected chi connectivity index (χ3v) is 4.56. The smallest absolute Gasteiger partial charge is 0.190 e. The van der Waals surface area contributed by atoms with Crippen LogP contribution in [0.1, 0.15) is 61.4 Å². The van der Waals surface area contributed by atoms with Crippen LogP contribution in [0.2, 0.25) is 0 Å². The Morgan fingerprint density at radius 3 is 2.46 bits per heavy atom. The van der Waals surface area contributed by atoms with Crippen molar-refractivity contribution in [1.29, 1.82) is 0 Å². The van der Waals surface area contributed by atoms with Crippen LogP contribution in [-0.4, -0.2) is 12.4 Å². The molecule has 1 heterocycles. The topological polar surface area (TPSA) is 26.3 Å². The van der Waals surface area contributed by atoms with Gasteiger partial charge in [-0.15, -0.1) is 0 Å². The molecule has 0 atom stereocenters. The fourth-order valence-corrected chi connectivity index (χ4v) is 3.13. The average Bonchev–Trinajstić information content (AvgIpc) is 3.15. The SMILES string of the molecule is CCCCCCCCOC(=CC(=O)c1ccsc1)c1ccccc1. The molecule has 0 aliphatic rings. The first-order chi connectivity index (χ1) is 11.8. The Kier molecular flexibility index (Phi) is 8.33. The molecule has 0 aliphatic heterocycles. The summed E-state index contributed by atoms with van der Waals surface area (Å²) < 4.78 is 5.95. The van der Waals surface area contributed by atoms with E-state index in [1.807, 2.05) is 47.2 Å². The van der Waals surface area contributed by atoms with Gasteiger partial charge in [-0.05, 0) is 17.9 Å². The van der Waals surface area contributed by atoms with Gasteiger partial charge in [0, 0.05) is 22.6 Å². The number of thiophene rings is 1. The molecule has 128 valence electrons. The summed E-state index contributed by atoms with van der Waals surface area (Å²) in [6.07, 6.45) is 8.97. The fourth-order valence-electron chi connectivity index (χ4n) is 2.48. The number of unbranched alkanes of at least 4 members (excludes halogenated alkanes) is 5. The zero-order valence-electron chi connectivity index (χ0n) is 14.4. The minimum absolute atomic E-state index is 0.00181. The Hall–Kier alpha value is -1.87. The van der Waals surface area contributed by atoms with Crippen LogP contribution in [0.4, 0.5) is 0 Å². The average molecular weight is 343 g/mol. The van der Waals surface area contributed by atoms with Gasteiger partial charge in [-0.3, -0.25) is 4.79 Å². The third-order valence-electron chi connectivity index (χ3n) is 3.88. The van der Waals surface area contributed by atoms with Gasteiger partial charge in [0.1, 0.15) is 5.76 Å². The Morgan fingerprint density at radius 1 is 1.00 bits per heavy atom. The number of carbonyl (C=O) groups excluding carboxylic acids is 1. The highest BCUT2D eigenvalue weighted by Gasteiger charge is 2.08. The number of hydrogen-bond acceptors (Lipinski definition) is 3. The standard InChI is InChI=1S/C21H26O2S/c1-2-3-4-5-6-10-14-23-21(18-11-8-7-9-12-18)16-20(22)19-13-15-24-17-19/h7-9,11-13,15-17H,2-6,10,14H2,1H3. The molecule has 3 heteroatoms. The highest BCUT2D eigenvalue weighted by Crippen LogP contribution is 2.19. The first-order valence-electron chi connectivity index (χ1n) is 8.77. The van der Waals surface area contributed by atoms with Crippen molar-refractivity contribution in [1.82, 2.24) is 0 Å². The van der Waals surface area contributed by atoms with Crippen molar-refractivity contribution in [3.8, 4) is 0 Å². The molecule has 0 saturated carbocycles. The molecule has 2 aromatic rings. The van der Waals surface area contributed by atoms with E-state index in [9.17, 15) is 4.79 Å². The molecule has 0 spiro atoms. The maximum Gasteiger partial charge on any atom is 0.190 e. The van der Waals surface area contributed by atoms with Crippen LogP contribution in [0.3, 0.4) is 0 Å². The lowest BCUT2D eigenvalue weighted by molar-refractivity contribution is 0.104. The van der Waals surface area contributed by atoms with Crippen molar-refractivity contribution >= 4 is 22.9 Å². The quantitative estimate of drug-likeness (QED) is 0.206. The van der Waals surface area contributed by atoms with Crippen LogP contribution in [-0.2, 0) is 4.74 Å². The normalized spacial score (nSPS) is 11.5. The highest BCUT2D eigenvalue weighted by molar-refractivity contribution is 7.08. The fraction of sp³-hybridized carbons (Fsp3) is 0.381. The van der Waals surface area contributed by atoms with Crippen LogP contribution in [0.15, 0.2) is 53.2 Å². The summed E-state index contributed by atoms with van der Waals surface area (Å²) in [5, 5.41) is 3.79. The van der Waals surface area contributed by atoms with Crippen LogP contribution < -0.4 is 0 Å². The molecule has 0 fully saturated rings. The van der Waals surface area contributed by atoms with E-state index in [2.05, 4.69) is 6.92 Å². The molecule has 0 bridgehead atoms. The predicted molar refractivity (Wildman–Crippen MR) is 102 cm³/mol. The summed E-state index contributed by atoms with van der Waals surface area (Å²) >= 11 is 1.53. The lowest BCUT2D eigenvalue weighted by Gasteiger charge is -2.11. The van der Waals surface area contributed by atoms with Gasteiger partial charge in [-0.2, -0.15) is 11.3 Å². The Morgan fingerprint density at radius 2 is 1.75 bits per heavy atom. The van der Waals surface area contributed by atoms with Crippen LogP contribution >= 0.6 is 11.3 Å². The van der Waals surface area contributed by atoms with Gasteiger partial charge >= 0.3 is 0 Å². The van der Waals surface area contributed by atoms with E-state index in [4.69, 9.17) is 4.74 Å². The van der Waals surface area contributed by atoms with E-state index >= 15 is 0 Å². The number of ketones is 1. The monoisotopic (exact) mass is 342 g/mol. The maximum absolute atomic E-state index is 12.3. The Balaban J connectivity index is 1.93. The van der Waals surface area contributed by atoms with Crippen LogP contribution in [0.5, 0.6) is 0 Å². The Labute approximate surface area is 149 Å². The molecule has 0 amide bonds. The summed E-state index contributed by atoms with van der Waals surface area (Å²) in [7, 11) is 0. The first-order valence-corrected chi connectivity index (χ1v) is 9.72. The van der Waals surface area contributed by atoms with E-state index in [0.29, 0.717) is 12.4 Å². The van der Waals surface area contributed by atoms with Crippen molar-refractivity contribution in [2.75, 3.05) is 6.61 Å². The zero-order chi connectivity index (χ0) is 17.0. The minimum Gasteiger partial charge on any atom is -0.493 e. The number of ether oxygens (including phenoxy) is 1. The molecule has 24 heavy (non-hydrogen) atoms. The number of allylic oxidation sites excluding steroid dienone is 1. The van der Waals surface area contributed by atoms with Crippen LogP contribution in [0.25, 0.3) is 5.76 Å². The number of benzene rings is 1. The molecule has 2 nitrogen and oxygen atoms in total. The van der Waals surface area contributed by atoms with Gasteiger partial charge in [0.05, 0.1) is 6.61 Å². The number of carbonyl (C=O) groups is 1. The maximum atomic E-state index is 12.3. The van der Waals surface area contributed by atoms with E-state index in [-0.39, 0.29) is 5.78 Å². The lowest BCUT2D eigenvalue weighted by atomic mass is 10.1. The van der Waals surface area contributed by atoms with Gasteiger partial charge in [0.25, 0.3) is 0 Å². The van der Waals surface area contributed by atoms with Gasteiger partial charge in [-0.1, -0.05) is 69.4 Å². The molecular formula is C21H26O2S. The van der Waals surface area contributed by atoms with Crippen molar-refractivity contribution in [3.05, 3.63) is 64.4 Å². The summed E-state index contributed by atoms with van der Waals surface area (Å²) in [6.45, 7) is 2.88. The molecule has 1 aromatic heterocycles. The molecule has 0 aliphatic carbocycles. The highest BCUT2D eigenvalue weighted by atomic mass is 32.1. The van der Waals surface area contributed by atoms with Gasteiger partial charge < -0.3 is 4.74 Å². The van der Waals surface area contributed by atoms with Crippen LogP contribution in [0, 0.1) is 0 Å². The van der Waals surface area contributed by atoms with Gasteiger partial charge in [0.2, 0.25) is 0 Å². The second-order valence-corrected chi connectivity index (χ2v) is 6.65. The van der Waals surface area contributed by atoms with Gasteiger partial charge in [-0.25, -0.2) is 0 Å². The second kappa shape index (κ2) is 10.8. The van der Waals surface area contributed by atoms with Crippen molar-refractivity contribution < 1.29 is 9.53 Å². The third kappa shape index (κ3) is 6.32. The van der Waals surface area contributed by atoms with E-state index < -0.39 is 0 Å². The largest absolute Gasteiger partial charge is 0.493 e. The summed E-state index contributed by atoms with van der Waals surface area (Å²) in [6, 6.07) is 11.7. The molecule has 1 aromatic carbocycles. The van der Waals surface area contributed by atoms with E-state index in [0.717, 1.165) is 17.5 Å². The number of rotatable bonds is 11. The molecule has 0 saturated heterocycles. The molecule has 0 radical (unpaired) electrons. The van der Waals surface area contributed by atoms with Crippen molar-refractivity contribution in [2.24, 2.45) is 0 Å².